The Balaban J connectivity index is 1.97. The van der Waals surface area contributed by atoms with Gasteiger partial charge in [0.25, 0.3) is 10.9 Å². The van der Waals surface area contributed by atoms with Gasteiger partial charge in [-0.25, -0.2) is 0 Å². The lowest BCUT2D eigenvalue weighted by Gasteiger charge is -2.07. The molecule has 0 atom stereocenters. The highest BCUT2D eigenvalue weighted by molar-refractivity contribution is 7.99. The molecule has 0 radical (unpaired) electrons. The second kappa shape index (κ2) is 7.03. The molecule has 22 heavy (non-hydrogen) atoms. The third-order valence-corrected chi connectivity index (χ3v) is 3.67. The van der Waals surface area contributed by atoms with Crippen LogP contribution in [0.1, 0.15) is 18.4 Å². The quantitative estimate of drug-likeness (QED) is 0.494. The van der Waals surface area contributed by atoms with Crippen LogP contribution in [-0.4, -0.2) is 26.8 Å². The smallest absolute Gasteiger partial charge is 0.277 e. The fraction of sp³-hybridized carbons (Fsp3) is 0.308. The van der Waals surface area contributed by atoms with Gasteiger partial charge in [0.15, 0.2) is 0 Å². The topological polar surface area (TPSA) is 111 Å². The summed E-state index contributed by atoms with van der Waals surface area (Å²) in [6.45, 7) is 3.48. The first-order chi connectivity index (χ1) is 10.5. The van der Waals surface area contributed by atoms with Crippen LogP contribution in [0.5, 0.6) is 0 Å². The molecule has 0 saturated heterocycles. The molecule has 9 heteroatoms. The van der Waals surface area contributed by atoms with Crippen LogP contribution in [0.2, 0.25) is 0 Å². The number of hydrogen-bond acceptors (Lipinski definition) is 7. The molecular formula is C13H14N4O4S. The number of benzene rings is 1. The summed E-state index contributed by atoms with van der Waals surface area (Å²) in [6.07, 6.45) is 0.632. The van der Waals surface area contributed by atoms with Crippen molar-refractivity contribution in [2.24, 2.45) is 0 Å². The summed E-state index contributed by atoms with van der Waals surface area (Å²) in [5, 5.41) is 21.4. The molecule has 0 saturated carbocycles. The number of hydrogen-bond donors (Lipinski definition) is 1. The van der Waals surface area contributed by atoms with E-state index in [1.165, 1.54) is 12.1 Å². The highest BCUT2D eigenvalue weighted by atomic mass is 32.2. The van der Waals surface area contributed by atoms with Crippen molar-refractivity contribution in [3.05, 3.63) is 39.8 Å². The number of nitrogens with one attached hydrogen (secondary N) is 1. The molecule has 1 N–H and O–H groups in total. The molecule has 1 amide bonds. The summed E-state index contributed by atoms with van der Waals surface area (Å²) in [7, 11) is 0. The van der Waals surface area contributed by atoms with E-state index in [2.05, 4.69) is 15.5 Å². The van der Waals surface area contributed by atoms with Crippen molar-refractivity contribution >= 4 is 29.0 Å². The standard InChI is InChI=1S/C13H14N4O4S/c1-3-12-15-16-13(21-12)22-7-11(18)14-9-5-4-6-10(8(9)2)17(19)20/h4-6H,3,7H2,1-2H3,(H,14,18). The summed E-state index contributed by atoms with van der Waals surface area (Å²) >= 11 is 1.11. The van der Waals surface area contributed by atoms with Crippen molar-refractivity contribution in [1.29, 1.82) is 0 Å². The van der Waals surface area contributed by atoms with Crippen molar-refractivity contribution in [1.82, 2.24) is 10.2 Å². The van der Waals surface area contributed by atoms with Crippen LogP contribution in [-0.2, 0) is 11.2 Å². The van der Waals surface area contributed by atoms with Crippen molar-refractivity contribution in [2.45, 2.75) is 25.5 Å². The van der Waals surface area contributed by atoms with Crippen molar-refractivity contribution in [2.75, 3.05) is 11.1 Å². The number of nitrogens with zero attached hydrogens (tertiary/aromatic N) is 3. The van der Waals surface area contributed by atoms with Crippen LogP contribution < -0.4 is 5.32 Å². The van der Waals surface area contributed by atoms with E-state index in [0.717, 1.165) is 11.8 Å². The van der Waals surface area contributed by atoms with Gasteiger partial charge in [0.1, 0.15) is 0 Å². The second-order valence-corrected chi connectivity index (χ2v) is 5.29. The Labute approximate surface area is 130 Å². The van der Waals surface area contributed by atoms with Gasteiger partial charge in [-0.05, 0) is 13.0 Å². The van der Waals surface area contributed by atoms with Crippen LogP contribution in [0.15, 0.2) is 27.8 Å². The number of carbonyl (C=O) groups excluding carboxylic acids is 1. The molecule has 0 aliphatic rings. The van der Waals surface area contributed by atoms with Crippen LogP contribution in [0.4, 0.5) is 11.4 Å². The Hall–Kier alpha value is -2.42. The van der Waals surface area contributed by atoms with Gasteiger partial charge < -0.3 is 9.73 Å². The number of aryl methyl sites for hydroxylation is 1. The Morgan fingerprint density at radius 2 is 2.23 bits per heavy atom. The molecule has 0 spiro atoms. The molecule has 0 fully saturated rings. The summed E-state index contributed by atoms with van der Waals surface area (Å²) in [5.41, 5.74) is 0.798. The van der Waals surface area contributed by atoms with E-state index in [1.807, 2.05) is 6.92 Å². The van der Waals surface area contributed by atoms with E-state index >= 15 is 0 Å². The lowest BCUT2D eigenvalue weighted by molar-refractivity contribution is -0.385. The minimum absolute atomic E-state index is 0.0325. The van der Waals surface area contributed by atoms with Gasteiger partial charge in [-0.2, -0.15) is 0 Å². The van der Waals surface area contributed by atoms with Gasteiger partial charge in [-0.15, -0.1) is 10.2 Å². The third kappa shape index (κ3) is 3.82. The first-order valence-electron chi connectivity index (χ1n) is 6.50. The maximum Gasteiger partial charge on any atom is 0.277 e. The minimum atomic E-state index is -0.482. The molecule has 116 valence electrons. The lowest BCUT2D eigenvalue weighted by Crippen LogP contribution is -2.15. The normalized spacial score (nSPS) is 10.5. The molecule has 0 bridgehead atoms. The number of aromatic nitrogens is 2. The van der Waals surface area contributed by atoms with E-state index in [-0.39, 0.29) is 17.3 Å². The number of carbonyl (C=O) groups is 1. The van der Waals surface area contributed by atoms with E-state index in [4.69, 9.17) is 4.42 Å². The molecular weight excluding hydrogens is 308 g/mol. The number of rotatable bonds is 6. The summed E-state index contributed by atoms with van der Waals surface area (Å²) in [4.78, 5) is 22.3. The van der Waals surface area contributed by atoms with Crippen molar-refractivity contribution in [3.63, 3.8) is 0 Å². The summed E-state index contributed by atoms with van der Waals surface area (Å²) < 4.78 is 5.28. The largest absolute Gasteiger partial charge is 0.416 e. The molecule has 1 aromatic heterocycles. The molecule has 2 aromatic rings. The van der Waals surface area contributed by atoms with Crippen LogP contribution in [0.3, 0.4) is 0 Å². The highest BCUT2D eigenvalue weighted by Crippen LogP contribution is 2.25. The van der Waals surface area contributed by atoms with E-state index in [9.17, 15) is 14.9 Å². The monoisotopic (exact) mass is 322 g/mol. The zero-order valence-corrected chi connectivity index (χ0v) is 12.8. The van der Waals surface area contributed by atoms with Gasteiger partial charge in [-0.1, -0.05) is 24.8 Å². The van der Waals surface area contributed by atoms with Crippen molar-refractivity contribution < 1.29 is 14.1 Å². The van der Waals surface area contributed by atoms with Gasteiger partial charge in [0.05, 0.1) is 21.9 Å². The lowest BCUT2D eigenvalue weighted by atomic mass is 10.1. The van der Waals surface area contributed by atoms with Crippen molar-refractivity contribution in [3.8, 4) is 0 Å². The Morgan fingerprint density at radius 3 is 2.86 bits per heavy atom. The fourth-order valence-electron chi connectivity index (χ4n) is 1.71. The van der Waals surface area contributed by atoms with E-state index in [0.29, 0.717) is 28.8 Å². The van der Waals surface area contributed by atoms with E-state index < -0.39 is 4.92 Å². The molecule has 8 nitrogen and oxygen atoms in total. The van der Waals surface area contributed by atoms with Crippen LogP contribution in [0.25, 0.3) is 0 Å². The van der Waals surface area contributed by atoms with Crippen LogP contribution in [0, 0.1) is 17.0 Å². The van der Waals surface area contributed by atoms with Gasteiger partial charge >= 0.3 is 0 Å². The molecule has 0 aliphatic carbocycles. The predicted octanol–water partition coefficient (Wildman–Crippen LogP) is 2.58. The number of nitro benzene ring substituents is 1. The number of nitro groups is 1. The Kier molecular flexibility index (Phi) is 5.10. The summed E-state index contributed by atoms with van der Waals surface area (Å²) in [6, 6.07) is 4.54. The second-order valence-electron chi connectivity index (χ2n) is 4.36. The summed E-state index contributed by atoms with van der Waals surface area (Å²) in [5.74, 6) is 0.287. The first kappa shape index (κ1) is 16.0. The Morgan fingerprint density at radius 1 is 1.45 bits per heavy atom. The fourth-order valence-corrected chi connectivity index (χ4v) is 2.29. The van der Waals surface area contributed by atoms with Gasteiger partial charge in [0, 0.05) is 12.5 Å². The van der Waals surface area contributed by atoms with Crippen LogP contribution >= 0.6 is 11.8 Å². The SMILES string of the molecule is CCc1nnc(SCC(=O)Nc2cccc([N+](=O)[O-])c2C)o1. The average molecular weight is 322 g/mol. The van der Waals surface area contributed by atoms with Gasteiger partial charge in [0.2, 0.25) is 11.8 Å². The molecule has 1 heterocycles. The first-order valence-corrected chi connectivity index (χ1v) is 7.48. The number of thioether (sulfide) groups is 1. The predicted molar refractivity (Wildman–Crippen MR) is 80.9 cm³/mol. The third-order valence-electron chi connectivity index (χ3n) is 2.85. The highest BCUT2D eigenvalue weighted by Gasteiger charge is 2.15. The molecule has 0 aliphatic heterocycles. The number of anilines is 1. The molecule has 1 aromatic carbocycles. The average Bonchev–Trinajstić information content (AvgIpc) is 2.95. The Bertz CT molecular complexity index is 701. The maximum absolute atomic E-state index is 11.9. The minimum Gasteiger partial charge on any atom is -0.416 e. The zero-order chi connectivity index (χ0) is 16.1. The maximum atomic E-state index is 11.9. The molecule has 0 unspecified atom stereocenters. The van der Waals surface area contributed by atoms with E-state index in [1.54, 1.807) is 13.0 Å². The van der Waals surface area contributed by atoms with Gasteiger partial charge in [-0.3, -0.25) is 14.9 Å². The number of amides is 1. The zero-order valence-electron chi connectivity index (χ0n) is 12.0. The molecule has 2 rings (SSSR count).